The normalized spacial score (nSPS) is 11.2. The number of nitrogens with one attached hydrogen (secondary N) is 1. The molecule has 1 rings (SSSR count). The largest absolute Gasteiger partial charge is 0.481 e. The van der Waals surface area contributed by atoms with Crippen LogP contribution in [0.1, 0.15) is 36.8 Å². The summed E-state index contributed by atoms with van der Waals surface area (Å²) in [5, 5.41) is 9.08. The molecule has 0 saturated heterocycles. The molecule has 1 aromatic heterocycles. The predicted octanol–water partition coefficient (Wildman–Crippen LogP) is 1.55. The van der Waals surface area contributed by atoms with E-state index in [0.717, 1.165) is 0 Å². The van der Waals surface area contributed by atoms with Crippen LogP contribution < -0.4 is 0 Å². The number of carbonyl (C=O) groups is 2. The fraction of sp³-hybridized carbons (Fsp3) is 0.455. The van der Waals surface area contributed by atoms with E-state index in [0.29, 0.717) is 5.69 Å². The van der Waals surface area contributed by atoms with Crippen LogP contribution in [0.15, 0.2) is 12.3 Å². The number of esters is 1. The molecule has 0 unspecified atom stereocenters. The van der Waals surface area contributed by atoms with Crippen LogP contribution in [-0.2, 0) is 14.9 Å². The molecule has 0 fully saturated rings. The van der Waals surface area contributed by atoms with E-state index in [1.54, 1.807) is 6.92 Å². The van der Waals surface area contributed by atoms with Crippen LogP contribution in [0.25, 0.3) is 0 Å². The van der Waals surface area contributed by atoms with Crippen LogP contribution in [0.2, 0.25) is 0 Å². The van der Waals surface area contributed by atoms with Gasteiger partial charge in [0.25, 0.3) is 0 Å². The van der Waals surface area contributed by atoms with Gasteiger partial charge in [-0.25, -0.2) is 4.79 Å². The number of aromatic amines is 1. The molecule has 0 bridgehead atoms. The first-order valence-electron chi connectivity index (χ1n) is 4.99. The summed E-state index contributed by atoms with van der Waals surface area (Å²) < 4.78 is 4.85. The monoisotopic (exact) mass is 225 g/mol. The van der Waals surface area contributed by atoms with Gasteiger partial charge in [0.2, 0.25) is 0 Å². The van der Waals surface area contributed by atoms with Crippen molar-refractivity contribution in [1.82, 2.24) is 4.98 Å². The summed E-state index contributed by atoms with van der Waals surface area (Å²) in [5.74, 6) is -1.51. The molecular formula is C11H15NO4. The van der Waals surface area contributed by atoms with Crippen LogP contribution in [0.5, 0.6) is 0 Å². The number of rotatable bonds is 4. The number of hydrogen-bond acceptors (Lipinski definition) is 3. The van der Waals surface area contributed by atoms with Gasteiger partial charge in [-0.1, -0.05) is 0 Å². The third-order valence-corrected chi connectivity index (χ3v) is 2.40. The first-order chi connectivity index (χ1) is 7.41. The van der Waals surface area contributed by atoms with Gasteiger partial charge in [-0.2, -0.15) is 0 Å². The van der Waals surface area contributed by atoms with Crippen molar-refractivity contribution in [3.8, 4) is 0 Å². The van der Waals surface area contributed by atoms with Gasteiger partial charge in [0.1, 0.15) is 5.41 Å². The number of carboxylic acid groups (broad SMARTS) is 1. The molecule has 0 aromatic carbocycles. The van der Waals surface area contributed by atoms with Crippen LogP contribution in [0, 0.1) is 0 Å². The molecule has 2 N–H and O–H groups in total. The number of H-pyrrole nitrogens is 1. The van der Waals surface area contributed by atoms with Crippen molar-refractivity contribution in [2.45, 2.75) is 26.2 Å². The molecule has 0 aliphatic carbocycles. The third kappa shape index (κ3) is 2.08. The highest BCUT2D eigenvalue weighted by molar-refractivity contribution is 5.94. The molecule has 0 radical (unpaired) electrons. The highest BCUT2D eigenvalue weighted by atomic mass is 16.5. The molecule has 0 amide bonds. The molecule has 88 valence electrons. The second-order valence-corrected chi connectivity index (χ2v) is 3.92. The van der Waals surface area contributed by atoms with Gasteiger partial charge in [-0.15, -0.1) is 0 Å². The molecule has 0 saturated carbocycles. The Bertz CT molecular complexity index is 406. The van der Waals surface area contributed by atoms with Crippen LogP contribution in [0.3, 0.4) is 0 Å². The fourth-order valence-corrected chi connectivity index (χ4v) is 1.37. The van der Waals surface area contributed by atoms with E-state index in [1.807, 2.05) is 0 Å². The maximum Gasteiger partial charge on any atom is 0.339 e. The average molecular weight is 225 g/mol. The lowest BCUT2D eigenvalue weighted by Crippen LogP contribution is -2.31. The number of carbonyl (C=O) groups excluding carboxylic acids is 1. The van der Waals surface area contributed by atoms with E-state index in [-0.39, 0.29) is 12.2 Å². The molecule has 1 aromatic rings. The van der Waals surface area contributed by atoms with Gasteiger partial charge in [-0.3, -0.25) is 4.79 Å². The van der Waals surface area contributed by atoms with Crippen LogP contribution in [0.4, 0.5) is 0 Å². The molecule has 5 nitrogen and oxygen atoms in total. The van der Waals surface area contributed by atoms with E-state index in [4.69, 9.17) is 9.84 Å². The number of carboxylic acids is 1. The molecule has 5 heteroatoms. The Balaban J connectivity index is 3.12. The quantitative estimate of drug-likeness (QED) is 0.762. The van der Waals surface area contributed by atoms with Crippen molar-refractivity contribution < 1.29 is 19.4 Å². The van der Waals surface area contributed by atoms with Crippen molar-refractivity contribution in [2.75, 3.05) is 6.61 Å². The molecular weight excluding hydrogens is 210 g/mol. The smallest absolute Gasteiger partial charge is 0.339 e. The Hall–Kier alpha value is -1.78. The lowest BCUT2D eigenvalue weighted by atomic mass is 9.87. The summed E-state index contributed by atoms with van der Waals surface area (Å²) >= 11 is 0. The molecule has 1 heterocycles. The van der Waals surface area contributed by atoms with Gasteiger partial charge in [0, 0.05) is 11.9 Å². The van der Waals surface area contributed by atoms with Crippen LogP contribution >= 0.6 is 0 Å². The van der Waals surface area contributed by atoms with Gasteiger partial charge < -0.3 is 14.8 Å². The number of aromatic nitrogens is 1. The Labute approximate surface area is 93.4 Å². The van der Waals surface area contributed by atoms with Crippen molar-refractivity contribution >= 4 is 11.9 Å². The zero-order valence-corrected chi connectivity index (χ0v) is 9.53. The summed E-state index contributed by atoms with van der Waals surface area (Å²) in [6, 6.07) is 1.53. The average Bonchev–Trinajstić information content (AvgIpc) is 2.66. The zero-order chi connectivity index (χ0) is 12.3. The van der Waals surface area contributed by atoms with Crippen molar-refractivity contribution in [2.24, 2.45) is 0 Å². The third-order valence-electron chi connectivity index (χ3n) is 2.40. The van der Waals surface area contributed by atoms with Crippen molar-refractivity contribution in [1.29, 1.82) is 0 Å². The highest BCUT2D eigenvalue weighted by Crippen LogP contribution is 2.25. The standard InChI is InChI=1S/C11H15NO4/c1-4-16-9(13)7-5-6-12-8(7)11(2,3)10(14)15/h5-6,12H,4H2,1-3H3,(H,14,15). The van der Waals surface area contributed by atoms with Gasteiger partial charge in [0.05, 0.1) is 12.2 Å². The zero-order valence-electron chi connectivity index (χ0n) is 9.53. The molecule has 0 aliphatic heterocycles. The van der Waals surface area contributed by atoms with Crippen molar-refractivity contribution in [3.63, 3.8) is 0 Å². The summed E-state index contributed by atoms with van der Waals surface area (Å²) in [7, 11) is 0. The topological polar surface area (TPSA) is 79.4 Å². The maximum atomic E-state index is 11.6. The van der Waals surface area contributed by atoms with E-state index in [2.05, 4.69) is 4.98 Å². The van der Waals surface area contributed by atoms with E-state index in [9.17, 15) is 9.59 Å². The molecule has 0 atom stereocenters. The second-order valence-electron chi connectivity index (χ2n) is 3.92. The SMILES string of the molecule is CCOC(=O)c1cc[nH]c1C(C)(C)C(=O)O. The Morgan fingerprint density at radius 2 is 2.12 bits per heavy atom. The minimum atomic E-state index is -1.15. The van der Waals surface area contributed by atoms with Gasteiger partial charge >= 0.3 is 11.9 Å². The van der Waals surface area contributed by atoms with E-state index >= 15 is 0 Å². The highest BCUT2D eigenvalue weighted by Gasteiger charge is 2.34. The first kappa shape index (κ1) is 12.3. The minimum Gasteiger partial charge on any atom is -0.481 e. The summed E-state index contributed by atoms with van der Waals surface area (Å²) in [5.41, 5.74) is -0.515. The Kier molecular flexibility index (Phi) is 3.37. The maximum absolute atomic E-state index is 11.6. The Morgan fingerprint density at radius 1 is 1.50 bits per heavy atom. The minimum absolute atomic E-state index is 0.261. The summed E-state index contributed by atoms with van der Waals surface area (Å²) in [6.07, 6.45) is 1.53. The Morgan fingerprint density at radius 3 is 2.62 bits per heavy atom. The molecule has 0 spiro atoms. The number of ether oxygens (including phenoxy) is 1. The fourth-order valence-electron chi connectivity index (χ4n) is 1.37. The van der Waals surface area contributed by atoms with E-state index < -0.39 is 17.4 Å². The molecule has 16 heavy (non-hydrogen) atoms. The molecule has 0 aliphatic rings. The second kappa shape index (κ2) is 4.38. The van der Waals surface area contributed by atoms with Gasteiger partial charge in [0.15, 0.2) is 0 Å². The van der Waals surface area contributed by atoms with Crippen molar-refractivity contribution in [3.05, 3.63) is 23.5 Å². The number of aliphatic carboxylic acids is 1. The number of hydrogen-bond donors (Lipinski definition) is 2. The van der Waals surface area contributed by atoms with Gasteiger partial charge in [-0.05, 0) is 26.8 Å². The summed E-state index contributed by atoms with van der Waals surface area (Å²) in [4.78, 5) is 25.4. The summed E-state index contributed by atoms with van der Waals surface area (Å²) in [6.45, 7) is 5.03. The lowest BCUT2D eigenvalue weighted by Gasteiger charge is -2.19. The van der Waals surface area contributed by atoms with Crippen LogP contribution in [-0.4, -0.2) is 28.6 Å². The predicted molar refractivity (Wildman–Crippen MR) is 57.4 cm³/mol. The first-order valence-corrected chi connectivity index (χ1v) is 4.99. The van der Waals surface area contributed by atoms with E-state index in [1.165, 1.54) is 26.1 Å². The lowest BCUT2D eigenvalue weighted by molar-refractivity contribution is -0.142.